The number of thiazole rings is 1. The molecule has 2 aromatic rings. The van der Waals surface area contributed by atoms with Gasteiger partial charge in [0, 0.05) is 38.0 Å². The molecule has 1 saturated heterocycles. The lowest BCUT2D eigenvalue weighted by Gasteiger charge is -2.26. The molecule has 2 heterocycles. The van der Waals surface area contributed by atoms with Gasteiger partial charge in [-0.25, -0.2) is 4.98 Å². The minimum Gasteiger partial charge on any atom is -0.379 e. The first-order valence-corrected chi connectivity index (χ1v) is 9.71. The quantitative estimate of drug-likeness (QED) is 0.782. The van der Waals surface area contributed by atoms with E-state index >= 15 is 0 Å². The number of nitrogens with one attached hydrogen (secondary N) is 1. The lowest BCUT2D eigenvalue weighted by Crippen LogP contribution is -2.41. The van der Waals surface area contributed by atoms with Crippen LogP contribution in [0.25, 0.3) is 0 Å². The molecule has 1 aromatic carbocycles. The fourth-order valence-electron chi connectivity index (χ4n) is 2.85. The molecule has 0 unspecified atom stereocenters. The van der Waals surface area contributed by atoms with Gasteiger partial charge >= 0.3 is 0 Å². The minimum atomic E-state index is 0.0492. The Kier molecular flexibility index (Phi) is 6.97. The van der Waals surface area contributed by atoms with Crippen LogP contribution >= 0.6 is 11.3 Å². The third kappa shape index (κ3) is 6.23. The summed E-state index contributed by atoms with van der Waals surface area (Å²) in [4.78, 5) is 19.0. The number of hydrogen-bond donors (Lipinski definition) is 1. The molecule has 0 saturated carbocycles. The molecule has 25 heavy (non-hydrogen) atoms. The maximum Gasteiger partial charge on any atom is 0.226 e. The number of hydrogen-bond acceptors (Lipinski definition) is 5. The summed E-state index contributed by atoms with van der Waals surface area (Å²) in [5.74, 6) is 0.0492. The van der Waals surface area contributed by atoms with Crippen molar-refractivity contribution in [2.45, 2.75) is 19.3 Å². The minimum absolute atomic E-state index is 0.0492. The highest BCUT2D eigenvalue weighted by atomic mass is 32.1. The van der Waals surface area contributed by atoms with Crippen molar-refractivity contribution in [2.24, 2.45) is 0 Å². The normalized spacial score (nSPS) is 15.2. The molecule has 1 aliphatic heterocycles. The van der Waals surface area contributed by atoms with E-state index in [1.807, 2.05) is 11.4 Å². The fraction of sp³-hybridized carbons (Fsp3) is 0.474. The lowest BCUT2D eigenvalue weighted by molar-refractivity contribution is -0.120. The summed E-state index contributed by atoms with van der Waals surface area (Å²) >= 11 is 1.64. The number of rotatable bonds is 8. The Hall–Kier alpha value is -1.76. The monoisotopic (exact) mass is 359 g/mol. The van der Waals surface area contributed by atoms with E-state index in [9.17, 15) is 4.79 Å². The van der Waals surface area contributed by atoms with Gasteiger partial charge in [0.15, 0.2) is 0 Å². The average molecular weight is 359 g/mol. The average Bonchev–Trinajstić information content (AvgIpc) is 3.09. The van der Waals surface area contributed by atoms with Crippen LogP contribution in [0, 0.1) is 0 Å². The molecule has 0 radical (unpaired) electrons. The van der Waals surface area contributed by atoms with Crippen molar-refractivity contribution in [3.05, 3.63) is 52.0 Å². The Morgan fingerprint density at radius 3 is 2.80 bits per heavy atom. The summed E-state index contributed by atoms with van der Waals surface area (Å²) in [5, 5.41) is 6.09. The predicted molar refractivity (Wildman–Crippen MR) is 99.9 cm³/mol. The second kappa shape index (κ2) is 9.65. The van der Waals surface area contributed by atoms with Gasteiger partial charge in [0.05, 0.1) is 30.3 Å². The highest BCUT2D eigenvalue weighted by molar-refractivity contribution is 7.09. The molecule has 1 N–H and O–H groups in total. The van der Waals surface area contributed by atoms with Crippen molar-refractivity contribution >= 4 is 17.2 Å². The van der Waals surface area contributed by atoms with Crippen molar-refractivity contribution in [3.8, 4) is 0 Å². The van der Waals surface area contributed by atoms with Crippen LogP contribution in [-0.2, 0) is 28.8 Å². The van der Waals surface area contributed by atoms with E-state index in [0.29, 0.717) is 13.0 Å². The van der Waals surface area contributed by atoms with Crippen molar-refractivity contribution in [3.63, 3.8) is 0 Å². The van der Waals surface area contributed by atoms with E-state index in [4.69, 9.17) is 4.74 Å². The topological polar surface area (TPSA) is 54.5 Å². The van der Waals surface area contributed by atoms with Gasteiger partial charge in [-0.1, -0.05) is 30.3 Å². The maximum atomic E-state index is 12.1. The number of aryl methyl sites for hydroxylation is 2. The van der Waals surface area contributed by atoms with Crippen molar-refractivity contribution in [1.82, 2.24) is 15.2 Å². The van der Waals surface area contributed by atoms with E-state index in [2.05, 4.69) is 39.5 Å². The predicted octanol–water partition coefficient (Wildman–Crippen LogP) is 1.92. The summed E-state index contributed by atoms with van der Waals surface area (Å²) in [6.07, 6.45) is 2.28. The molecule has 1 amide bonds. The highest BCUT2D eigenvalue weighted by Crippen LogP contribution is 2.13. The van der Waals surface area contributed by atoms with Gasteiger partial charge in [-0.05, 0) is 12.0 Å². The molecule has 0 bridgehead atoms. The SMILES string of the molecule is O=C(Cc1csc(CCc2ccccc2)n1)NCCN1CCOCC1. The fourth-order valence-corrected chi connectivity index (χ4v) is 3.64. The Labute approximate surface area is 153 Å². The zero-order chi connectivity index (χ0) is 17.3. The van der Waals surface area contributed by atoms with Gasteiger partial charge in [0.1, 0.15) is 0 Å². The Morgan fingerprint density at radius 1 is 1.20 bits per heavy atom. The van der Waals surface area contributed by atoms with E-state index in [1.165, 1.54) is 5.56 Å². The number of carbonyl (C=O) groups is 1. The Balaban J connectivity index is 1.36. The first-order chi connectivity index (χ1) is 12.3. The molecular formula is C19H25N3O2S. The summed E-state index contributed by atoms with van der Waals surface area (Å²) in [6.45, 7) is 5.05. The number of morpholine rings is 1. The number of benzene rings is 1. The molecule has 0 atom stereocenters. The third-order valence-corrected chi connectivity index (χ3v) is 5.22. The van der Waals surface area contributed by atoms with Crippen LogP contribution in [0.4, 0.5) is 0 Å². The summed E-state index contributed by atoms with van der Waals surface area (Å²) in [7, 11) is 0. The second-order valence-corrected chi connectivity index (χ2v) is 7.14. The van der Waals surface area contributed by atoms with Crippen LogP contribution in [0.1, 0.15) is 16.3 Å². The summed E-state index contributed by atoms with van der Waals surface area (Å²) in [6, 6.07) is 10.4. The number of aromatic nitrogens is 1. The molecular weight excluding hydrogens is 334 g/mol. The summed E-state index contributed by atoms with van der Waals surface area (Å²) in [5.41, 5.74) is 2.19. The largest absolute Gasteiger partial charge is 0.379 e. The van der Waals surface area contributed by atoms with Gasteiger partial charge in [-0.15, -0.1) is 11.3 Å². The smallest absolute Gasteiger partial charge is 0.226 e. The highest BCUT2D eigenvalue weighted by Gasteiger charge is 2.11. The lowest BCUT2D eigenvalue weighted by atomic mass is 10.1. The molecule has 0 aliphatic carbocycles. The molecule has 0 spiro atoms. The molecule has 5 nitrogen and oxygen atoms in total. The van der Waals surface area contributed by atoms with Gasteiger partial charge in [0.25, 0.3) is 0 Å². The van der Waals surface area contributed by atoms with Crippen molar-refractivity contribution in [2.75, 3.05) is 39.4 Å². The van der Waals surface area contributed by atoms with E-state index < -0.39 is 0 Å². The van der Waals surface area contributed by atoms with Crippen molar-refractivity contribution in [1.29, 1.82) is 0 Å². The Bertz CT molecular complexity index is 654. The number of amides is 1. The van der Waals surface area contributed by atoms with E-state index in [0.717, 1.165) is 56.4 Å². The van der Waals surface area contributed by atoms with Crippen LogP contribution in [-0.4, -0.2) is 55.2 Å². The van der Waals surface area contributed by atoms with Crippen LogP contribution < -0.4 is 5.32 Å². The maximum absolute atomic E-state index is 12.1. The van der Waals surface area contributed by atoms with Gasteiger partial charge in [-0.2, -0.15) is 0 Å². The molecule has 3 rings (SSSR count). The standard InChI is InChI=1S/C19H25N3O2S/c23-18(20-8-9-22-10-12-24-13-11-22)14-17-15-25-19(21-17)7-6-16-4-2-1-3-5-16/h1-5,15H,6-14H2,(H,20,23). The van der Waals surface area contributed by atoms with Gasteiger partial charge in [-0.3, -0.25) is 9.69 Å². The van der Waals surface area contributed by atoms with E-state index in [-0.39, 0.29) is 5.91 Å². The van der Waals surface area contributed by atoms with Crippen LogP contribution in [0.3, 0.4) is 0 Å². The Morgan fingerprint density at radius 2 is 2.00 bits per heavy atom. The van der Waals surface area contributed by atoms with Crippen LogP contribution in [0.15, 0.2) is 35.7 Å². The molecule has 134 valence electrons. The molecule has 1 aliphatic rings. The third-order valence-electron chi connectivity index (χ3n) is 4.27. The molecule has 1 fully saturated rings. The molecule has 1 aromatic heterocycles. The molecule has 6 heteroatoms. The van der Waals surface area contributed by atoms with Crippen molar-refractivity contribution < 1.29 is 9.53 Å². The number of carbonyl (C=O) groups excluding carboxylic acids is 1. The van der Waals surface area contributed by atoms with Crippen LogP contribution in [0.2, 0.25) is 0 Å². The van der Waals surface area contributed by atoms with Gasteiger partial charge in [0.2, 0.25) is 5.91 Å². The first-order valence-electron chi connectivity index (χ1n) is 8.83. The van der Waals surface area contributed by atoms with E-state index in [1.54, 1.807) is 11.3 Å². The van der Waals surface area contributed by atoms with Gasteiger partial charge < -0.3 is 10.1 Å². The zero-order valence-electron chi connectivity index (χ0n) is 14.4. The summed E-state index contributed by atoms with van der Waals surface area (Å²) < 4.78 is 5.32. The zero-order valence-corrected chi connectivity index (χ0v) is 15.3. The number of nitrogens with zero attached hydrogens (tertiary/aromatic N) is 2. The second-order valence-electron chi connectivity index (χ2n) is 6.20. The number of ether oxygens (including phenoxy) is 1. The first kappa shape index (κ1) is 18.0. The van der Waals surface area contributed by atoms with Crippen LogP contribution in [0.5, 0.6) is 0 Å².